The third kappa shape index (κ3) is 6.19. The number of anilines is 2. The molecular formula is C25H16ClFN4O3. The summed E-state index contributed by atoms with van der Waals surface area (Å²) in [6.07, 6.45) is 0. The predicted octanol–water partition coefficient (Wildman–Crippen LogP) is 4.98. The van der Waals surface area contributed by atoms with Gasteiger partial charge < -0.3 is 15.4 Å². The van der Waals surface area contributed by atoms with Crippen molar-refractivity contribution in [3.63, 3.8) is 0 Å². The number of carbonyl (C=O) groups is 2. The number of nitriles is 2. The number of amides is 2. The highest BCUT2D eigenvalue weighted by atomic mass is 35.5. The van der Waals surface area contributed by atoms with Crippen LogP contribution in [0.25, 0.3) is 0 Å². The largest absolute Gasteiger partial charge is 0.489 e. The van der Waals surface area contributed by atoms with Crippen LogP contribution in [-0.4, -0.2) is 11.8 Å². The number of ether oxygens (including phenoxy) is 1. The monoisotopic (exact) mass is 474 g/mol. The fourth-order valence-corrected chi connectivity index (χ4v) is 2.96. The van der Waals surface area contributed by atoms with E-state index in [1.807, 2.05) is 18.2 Å². The van der Waals surface area contributed by atoms with Crippen LogP contribution in [0.15, 0.2) is 83.9 Å². The van der Waals surface area contributed by atoms with Gasteiger partial charge in [0.25, 0.3) is 11.8 Å². The second kappa shape index (κ2) is 11.3. The molecule has 0 aliphatic rings. The summed E-state index contributed by atoms with van der Waals surface area (Å²) in [4.78, 5) is 25.0. The van der Waals surface area contributed by atoms with Crippen LogP contribution in [-0.2, 0) is 16.2 Å². The predicted molar refractivity (Wildman–Crippen MR) is 124 cm³/mol. The topological polar surface area (TPSA) is 115 Å². The molecule has 0 heterocycles. The molecule has 9 heteroatoms. The van der Waals surface area contributed by atoms with Crippen molar-refractivity contribution in [2.75, 3.05) is 10.6 Å². The Kier molecular flexibility index (Phi) is 7.96. The Morgan fingerprint density at radius 1 is 0.824 bits per heavy atom. The van der Waals surface area contributed by atoms with E-state index in [2.05, 4.69) is 10.6 Å². The van der Waals surface area contributed by atoms with Gasteiger partial charge in [-0.1, -0.05) is 29.8 Å². The zero-order chi connectivity index (χ0) is 24.5. The first kappa shape index (κ1) is 24.0. The average molecular weight is 475 g/mol. The van der Waals surface area contributed by atoms with E-state index in [0.29, 0.717) is 16.5 Å². The molecule has 3 aromatic rings. The molecule has 0 spiro atoms. The van der Waals surface area contributed by atoms with E-state index in [4.69, 9.17) is 16.3 Å². The standard InChI is InChI=1S/C25H16ClFN4O3/c26-23-4-2-1-3-16(23)15-34-20-11-9-19(10-12-20)31-25(33)22(14-29)21(13-28)24(32)30-18-7-5-17(27)6-8-18/h1-12H,15H2,(H,30,32)(H,31,33)/b22-21+. The van der Waals surface area contributed by atoms with Gasteiger partial charge in [0.05, 0.1) is 0 Å². The van der Waals surface area contributed by atoms with Crippen molar-refractivity contribution in [3.05, 3.63) is 100 Å². The third-order valence-corrected chi connectivity index (χ3v) is 4.86. The minimum Gasteiger partial charge on any atom is -0.489 e. The van der Waals surface area contributed by atoms with Crippen LogP contribution in [0, 0.1) is 28.5 Å². The first-order valence-electron chi connectivity index (χ1n) is 9.80. The van der Waals surface area contributed by atoms with Gasteiger partial charge in [-0.3, -0.25) is 9.59 Å². The number of carbonyl (C=O) groups excluding carboxylic acids is 2. The molecule has 0 bridgehead atoms. The van der Waals surface area contributed by atoms with Gasteiger partial charge in [-0.25, -0.2) is 4.39 Å². The summed E-state index contributed by atoms with van der Waals surface area (Å²) in [7, 11) is 0. The smallest absolute Gasteiger partial charge is 0.267 e. The summed E-state index contributed by atoms with van der Waals surface area (Å²) in [6, 6.07) is 21.5. The van der Waals surface area contributed by atoms with E-state index >= 15 is 0 Å². The Bertz CT molecular complexity index is 1320. The van der Waals surface area contributed by atoms with Crippen LogP contribution < -0.4 is 15.4 Å². The van der Waals surface area contributed by atoms with Crippen molar-refractivity contribution in [2.24, 2.45) is 0 Å². The first-order valence-corrected chi connectivity index (χ1v) is 10.2. The highest BCUT2D eigenvalue weighted by Gasteiger charge is 2.22. The molecule has 2 N–H and O–H groups in total. The summed E-state index contributed by atoms with van der Waals surface area (Å²) in [5.74, 6) is -1.89. The number of halogens is 2. The first-order chi connectivity index (χ1) is 16.4. The van der Waals surface area contributed by atoms with Crippen LogP contribution in [0.5, 0.6) is 5.75 Å². The van der Waals surface area contributed by atoms with Gasteiger partial charge in [0.15, 0.2) is 0 Å². The maximum Gasteiger partial charge on any atom is 0.267 e. The minimum absolute atomic E-state index is 0.198. The van der Waals surface area contributed by atoms with Crippen LogP contribution >= 0.6 is 11.6 Å². The summed E-state index contributed by atoms with van der Waals surface area (Å²) in [5, 5.41) is 24.1. The summed E-state index contributed by atoms with van der Waals surface area (Å²) >= 11 is 6.10. The fraction of sp³-hybridized carbons (Fsp3) is 0.0400. The molecule has 0 radical (unpaired) electrons. The Morgan fingerprint density at radius 3 is 1.82 bits per heavy atom. The highest BCUT2D eigenvalue weighted by molar-refractivity contribution is 6.31. The molecule has 0 saturated carbocycles. The molecule has 34 heavy (non-hydrogen) atoms. The Morgan fingerprint density at radius 2 is 1.32 bits per heavy atom. The minimum atomic E-state index is -0.968. The molecule has 168 valence electrons. The quantitative estimate of drug-likeness (QED) is 0.370. The highest BCUT2D eigenvalue weighted by Crippen LogP contribution is 2.21. The molecule has 0 unspecified atom stereocenters. The van der Waals surface area contributed by atoms with E-state index in [1.165, 1.54) is 12.1 Å². The lowest BCUT2D eigenvalue weighted by Crippen LogP contribution is -2.21. The lowest BCUT2D eigenvalue weighted by atomic mass is 10.1. The molecule has 3 aromatic carbocycles. The maximum absolute atomic E-state index is 13.0. The Balaban J connectivity index is 1.68. The van der Waals surface area contributed by atoms with Crippen molar-refractivity contribution in [2.45, 2.75) is 6.61 Å². The summed E-state index contributed by atoms with van der Waals surface area (Å²) in [6.45, 7) is 0.251. The average Bonchev–Trinajstić information content (AvgIpc) is 2.84. The van der Waals surface area contributed by atoms with E-state index in [1.54, 1.807) is 42.5 Å². The molecule has 0 aliphatic carbocycles. The molecule has 0 aliphatic heterocycles. The molecule has 7 nitrogen and oxygen atoms in total. The second-order valence-corrected chi connectivity index (χ2v) is 7.20. The van der Waals surface area contributed by atoms with Crippen LogP contribution in [0.1, 0.15) is 5.56 Å². The second-order valence-electron chi connectivity index (χ2n) is 6.79. The SMILES string of the molecule is N#C/C(C(=O)Nc1ccc(F)cc1)=C(/C#N)C(=O)Nc1ccc(OCc2ccccc2Cl)cc1. The van der Waals surface area contributed by atoms with E-state index in [0.717, 1.165) is 17.7 Å². The van der Waals surface area contributed by atoms with Gasteiger partial charge >= 0.3 is 0 Å². The maximum atomic E-state index is 13.0. The van der Waals surface area contributed by atoms with Gasteiger partial charge in [0, 0.05) is 22.0 Å². The van der Waals surface area contributed by atoms with Gasteiger partial charge in [-0.2, -0.15) is 10.5 Å². The normalized spacial score (nSPS) is 10.8. The zero-order valence-electron chi connectivity index (χ0n) is 17.5. The Labute approximate surface area is 199 Å². The molecule has 0 fully saturated rings. The Hall–Kier alpha value is -4.66. The molecule has 0 aromatic heterocycles. The molecule has 3 rings (SSSR count). The van der Waals surface area contributed by atoms with Crippen LogP contribution in [0.3, 0.4) is 0 Å². The number of nitrogens with zero attached hydrogens (tertiary/aromatic N) is 2. The number of hydrogen-bond donors (Lipinski definition) is 2. The van der Waals surface area contributed by atoms with Gasteiger partial charge in [-0.05, 0) is 54.6 Å². The number of hydrogen-bond acceptors (Lipinski definition) is 5. The van der Waals surface area contributed by atoms with Crippen molar-refractivity contribution in [1.29, 1.82) is 10.5 Å². The van der Waals surface area contributed by atoms with Crippen LogP contribution in [0.2, 0.25) is 5.02 Å². The van der Waals surface area contributed by atoms with Crippen molar-refractivity contribution < 1.29 is 18.7 Å². The lowest BCUT2D eigenvalue weighted by Gasteiger charge is -2.10. The van der Waals surface area contributed by atoms with Gasteiger partial charge in [-0.15, -0.1) is 0 Å². The summed E-state index contributed by atoms with van der Waals surface area (Å²) in [5.41, 5.74) is -0.0122. The van der Waals surface area contributed by atoms with E-state index in [9.17, 15) is 24.5 Å². The van der Waals surface area contributed by atoms with Crippen molar-refractivity contribution in [1.82, 2.24) is 0 Å². The lowest BCUT2D eigenvalue weighted by molar-refractivity contribution is -0.114. The van der Waals surface area contributed by atoms with Gasteiger partial charge in [0.1, 0.15) is 41.5 Å². The van der Waals surface area contributed by atoms with Crippen LogP contribution in [0.4, 0.5) is 15.8 Å². The molecule has 0 saturated heterocycles. The zero-order valence-corrected chi connectivity index (χ0v) is 18.3. The number of nitrogens with one attached hydrogen (secondary N) is 2. The van der Waals surface area contributed by atoms with E-state index < -0.39 is 28.8 Å². The molecular weight excluding hydrogens is 459 g/mol. The van der Waals surface area contributed by atoms with Crippen molar-refractivity contribution >= 4 is 34.8 Å². The van der Waals surface area contributed by atoms with Gasteiger partial charge in [0.2, 0.25) is 0 Å². The number of benzene rings is 3. The van der Waals surface area contributed by atoms with E-state index in [-0.39, 0.29) is 12.3 Å². The molecule has 2 amide bonds. The summed E-state index contributed by atoms with van der Waals surface area (Å²) < 4.78 is 18.7. The fourth-order valence-electron chi connectivity index (χ4n) is 2.77. The molecule has 0 atom stereocenters. The number of rotatable bonds is 7. The van der Waals surface area contributed by atoms with Crippen molar-refractivity contribution in [3.8, 4) is 17.9 Å². The third-order valence-electron chi connectivity index (χ3n) is 4.49.